The molecule has 0 aliphatic carbocycles. The van der Waals surface area contributed by atoms with Crippen LogP contribution in [0.2, 0.25) is 0 Å². The van der Waals surface area contributed by atoms with Crippen LogP contribution in [0.15, 0.2) is 206 Å². The molecule has 0 bridgehead atoms. The molecular weight excluding hydrogens is 685 g/mol. The zero-order valence-electron chi connectivity index (χ0n) is 29.9. The maximum Gasteiger partial charge on any atom is 0.0640 e. The minimum atomic E-state index is 1.11. The highest BCUT2D eigenvalue weighted by atomic mass is 32.1. The molecule has 2 heterocycles. The van der Waals surface area contributed by atoms with Gasteiger partial charge in [0.2, 0.25) is 0 Å². The molecule has 2 nitrogen and oxygen atoms in total. The maximum atomic E-state index is 2.49. The number of hydrogen-bond donors (Lipinski definition) is 0. The summed E-state index contributed by atoms with van der Waals surface area (Å²) in [5.74, 6) is 0. The van der Waals surface area contributed by atoms with Gasteiger partial charge in [-0.05, 0) is 76.2 Å². The van der Waals surface area contributed by atoms with Gasteiger partial charge in [-0.2, -0.15) is 0 Å². The van der Waals surface area contributed by atoms with Crippen LogP contribution in [-0.4, -0.2) is 4.57 Å². The lowest BCUT2D eigenvalue weighted by Crippen LogP contribution is -2.11. The van der Waals surface area contributed by atoms with Crippen LogP contribution >= 0.6 is 11.3 Å². The van der Waals surface area contributed by atoms with Crippen LogP contribution in [0, 0.1) is 0 Å². The van der Waals surface area contributed by atoms with Gasteiger partial charge < -0.3 is 9.47 Å². The average Bonchev–Trinajstić information content (AvgIpc) is 3.81. The van der Waals surface area contributed by atoms with Gasteiger partial charge in [-0.1, -0.05) is 158 Å². The molecule has 258 valence electrons. The van der Waals surface area contributed by atoms with Gasteiger partial charge >= 0.3 is 0 Å². The summed E-state index contributed by atoms with van der Waals surface area (Å²) in [6.45, 7) is 0. The summed E-state index contributed by atoms with van der Waals surface area (Å²) in [4.78, 5) is 2.49. The second-order valence-corrected chi connectivity index (χ2v) is 15.2. The van der Waals surface area contributed by atoms with E-state index in [2.05, 4.69) is 216 Å². The summed E-state index contributed by atoms with van der Waals surface area (Å²) in [5.41, 5.74) is 11.8. The molecule has 11 aromatic rings. The number of hydrogen-bond acceptors (Lipinski definition) is 2. The van der Waals surface area contributed by atoms with E-state index >= 15 is 0 Å². The fourth-order valence-corrected chi connectivity index (χ4v) is 9.68. The zero-order valence-corrected chi connectivity index (χ0v) is 30.7. The van der Waals surface area contributed by atoms with E-state index in [9.17, 15) is 0 Å². The zero-order chi connectivity index (χ0) is 36.3. The van der Waals surface area contributed by atoms with E-state index in [1.165, 1.54) is 80.7 Å². The lowest BCUT2D eigenvalue weighted by Gasteiger charge is -2.28. The Morgan fingerprint density at radius 1 is 0.364 bits per heavy atom. The minimum Gasteiger partial charge on any atom is -0.309 e. The first kappa shape index (κ1) is 31.6. The third-order valence-corrected chi connectivity index (χ3v) is 12.2. The van der Waals surface area contributed by atoms with E-state index < -0.39 is 0 Å². The van der Waals surface area contributed by atoms with E-state index in [-0.39, 0.29) is 0 Å². The van der Waals surface area contributed by atoms with E-state index in [4.69, 9.17) is 0 Å². The number of anilines is 3. The normalized spacial score (nSPS) is 11.6. The summed E-state index contributed by atoms with van der Waals surface area (Å²) in [6.07, 6.45) is 0. The van der Waals surface area contributed by atoms with Crippen molar-refractivity contribution >= 4 is 81.1 Å². The lowest BCUT2D eigenvalue weighted by molar-refractivity contribution is 1.18. The summed E-state index contributed by atoms with van der Waals surface area (Å²) in [6, 6.07) is 75.2. The van der Waals surface area contributed by atoms with E-state index in [0.717, 1.165) is 17.1 Å². The predicted molar refractivity (Wildman–Crippen MR) is 237 cm³/mol. The Bertz CT molecular complexity index is 3190. The highest BCUT2D eigenvalue weighted by molar-refractivity contribution is 7.26. The first-order valence-corrected chi connectivity index (χ1v) is 19.6. The molecule has 0 spiro atoms. The summed E-state index contributed by atoms with van der Waals surface area (Å²) in [7, 11) is 0. The van der Waals surface area contributed by atoms with Crippen molar-refractivity contribution in [1.29, 1.82) is 0 Å². The molecule has 9 aromatic carbocycles. The van der Waals surface area contributed by atoms with Gasteiger partial charge in [-0.15, -0.1) is 11.3 Å². The highest BCUT2D eigenvalue weighted by Crippen LogP contribution is 2.48. The molecule has 11 rings (SSSR count). The average molecular weight is 719 g/mol. The van der Waals surface area contributed by atoms with Crippen molar-refractivity contribution in [3.63, 3.8) is 0 Å². The number of thiophene rings is 1. The Morgan fingerprint density at radius 3 is 1.80 bits per heavy atom. The summed E-state index contributed by atoms with van der Waals surface area (Å²) >= 11 is 1.87. The highest BCUT2D eigenvalue weighted by Gasteiger charge is 2.22. The minimum absolute atomic E-state index is 1.11. The molecule has 0 N–H and O–H groups in total. The van der Waals surface area contributed by atoms with Gasteiger partial charge in [-0.25, -0.2) is 0 Å². The second kappa shape index (κ2) is 12.9. The summed E-state index contributed by atoms with van der Waals surface area (Å²) in [5, 5.41) is 7.49. The van der Waals surface area contributed by atoms with Crippen LogP contribution in [0.25, 0.3) is 80.7 Å². The SMILES string of the molecule is c1ccc(-c2ccc(-c3ccc(N(c4ccc5c6ccccc6n(-c6ccccc6)c5c4)c4cccc5c4sc4ccccc45)c4ccccc34)cc2)cc1. The molecule has 55 heavy (non-hydrogen) atoms. The monoisotopic (exact) mass is 718 g/mol. The van der Waals surface area contributed by atoms with Crippen LogP contribution in [-0.2, 0) is 0 Å². The van der Waals surface area contributed by atoms with Crippen LogP contribution in [0.3, 0.4) is 0 Å². The molecule has 2 aromatic heterocycles. The molecular formula is C52H34N2S. The number of rotatable bonds is 6. The molecule has 0 saturated heterocycles. The van der Waals surface area contributed by atoms with Crippen LogP contribution in [0.4, 0.5) is 17.1 Å². The topological polar surface area (TPSA) is 8.17 Å². The number of aromatic nitrogens is 1. The smallest absolute Gasteiger partial charge is 0.0640 e. The second-order valence-electron chi connectivity index (χ2n) is 14.1. The van der Waals surface area contributed by atoms with E-state index in [1.54, 1.807) is 0 Å². The molecule has 0 amide bonds. The van der Waals surface area contributed by atoms with Crippen molar-refractivity contribution in [2.24, 2.45) is 0 Å². The van der Waals surface area contributed by atoms with E-state index in [0.29, 0.717) is 0 Å². The fourth-order valence-electron chi connectivity index (χ4n) is 8.47. The molecule has 0 unspecified atom stereocenters. The van der Waals surface area contributed by atoms with Crippen molar-refractivity contribution < 1.29 is 0 Å². The Hall–Kier alpha value is -6.94. The molecule has 3 heteroatoms. The van der Waals surface area contributed by atoms with Crippen molar-refractivity contribution in [2.45, 2.75) is 0 Å². The third kappa shape index (κ3) is 5.16. The molecule has 0 atom stereocenters. The Labute approximate surface area is 323 Å². The van der Waals surface area contributed by atoms with Crippen molar-refractivity contribution in [3.8, 4) is 27.9 Å². The van der Waals surface area contributed by atoms with Gasteiger partial charge in [0, 0.05) is 43.0 Å². The van der Waals surface area contributed by atoms with Crippen molar-refractivity contribution in [3.05, 3.63) is 206 Å². The number of fused-ring (bicyclic) bond motifs is 7. The molecule has 0 aliphatic heterocycles. The van der Waals surface area contributed by atoms with Gasteiger partial charge in [0.05, 0.1) is 27.1 Å². The van der Waals surface area contributed by atoms with Crippen molar-refractivity contribution in [2.75, 3.05) is 4.90 Å². The van der Waals surface area contributed by atoms with E-state index in [1.807, 2.05) is 11.3 Å². The summed E-state index contributed by atoms with van der Waals surface area (Å²) < 4.78 is 4.98. The van der Waals surface area contributed by atoms with Gasteiger partial charge in [-0.3, -0.25) is 0 Å². The fraction of sp³-hybridized carbons (Fsp3) is 0. The maximum absolute atomic E-state index is 2.49. The predicted octanol–water partition coefficient (Wildman–Crippen LogP) is 15.1. The van der Waals surface area contributed by atoms with Gasteiger partial charge in [0.25, 0.3) is 0 Å². The van der Waals surface area contributed by atoms with Crippen LogP contribution in [0.1, 0.15) is 0 Å². The first-order chi connectivity index (χ1) is 27.3. The van der Waals surface area contributed by atoms with Crippen molar-refractivity contribution in [1.82, 2.24) is 4.57 Å². The number of benzene rings is 9. The van der Waals surface area contributed by atoms with Gasteiger partial charge in [0.1, 0.15) is 0 Å². The van der Waals surface area contributed by atoms with Crippen LogP contribution < -0.4 is 4.90 Å². The molecule has 0 radical (unpaired) electrons. The third-order valence-electron chi connectivity index (χ3n) is 11.0. The first-order valence-electron chi connectivity index (χ1n) is 18.8. The molecule has 0 aliphatic rings. The van der Waals surface area contributed by atoms with Crippen LogP contribution in [0.5, 0.6) is 0 Å². The largest absolute Gasteiger partial charge is 0.309 e. The Morgan fingerprint density at radius 2 is 0.982 bits per heavy atom. The molecule has 0 fully saturated rings. The number of nitrogens with zero attached hydrogens (tertiary/aromatic N) is 2. The number of para-hydroxylation sites is 2. The standard InChI is InChI=1S/C52H34N2S/c1-3-14-35(15-4-1)36-26-28-37(29-27-36)40-32-33-48(42-19-8-7-18-41(40)42)54(49-24-13-22-46-45-21-10-12-25-51(45)55-52(46)49)39-30-31-44-43-20-9-11-23-47(43)53(50(44)34-39)38-16-5-2-6-17-38/h1-34H. The quantitative estimate of drug-likeness (QED) is 0.166. The Kier molecular flexibility index (Phi) is 7.39. The van der Waals surface area contributed by atoms with Gasteiger partial charge in [0.15, 0.2) is 0 Å². The molecule has 0 saturated carbocycles. The lowest BCUT2D eigenvalue weighted by atomic mass is 9.94. The Balaban J connectivity index is 1.16.